The number of aromatic nitrogens is 2. The second-order valence-electron chi connectivity index (χ2n) is 7.36. The highest BCUT2D eigenvalue weighted by Gasteiger charge is 2.26. The number of nitrogens with two attached hydrogens (primary N) is 1. The van der Waals surface area contributed by atoms with Crippen molar-refractivity contribution in [3.63, 3.8) is 0 Å². The zero-order valence-corrected chi connectivity index (χ0v) is 16.8. The first-order valence-electron chi connectivity index (χ1n) is 9.27. The third kappa shape index (κ3) is 5.45. The first kappa shape index (κ1) is 22.0. The number of likely N-dealkylation sites (N-methyl/N-ethyl adjacent to an activating group) is 1. The number of hydrogen-bond donors (Lipinski definition) is 2. The lowest BCUT2D eigenvalue weighted by atomic mass is 10.2. The van der Waals surface area contributed by atoms with E-state index < -0.39 is 11.2 Å². The number of aromatic amines is 1. The van der Waals surface area contributed by atoms with Crippen LogP contribution in [-0.2, 0) is 11.3 Å². The molecule has 1 aromatic heterocycles. The molecule has 0 aliphatic heterocycles. The van der Waals surface area contributed by atoms with Crippen molar-refractivity contribution in [1.29, 1.82) is 0 Å². The second kappa shape index (κ2) is 9.56. The number of nitrogens with one attached hydrogen (secondary N) is 1. The molecule has 1 aromatic rings. The van der Waals surface area contributed by atoms with E-state index in [1.165, 1.54) is 9.47 Å². The summed E-state index contributed by atoms with van der Waals surface area (Å²) in [5, 5.41) is 0. The van der Waals surface area contributed by atoms with Crippen molar-refractivity contribution in [3.05, 3.63) is 20.8 Å². The minimum Gasteiger partial charge on any atom is -0.383 e. The lowest BCUT2D eigenvalue weighted by molar-refractivity contribution is -0.119. The summed E-state index contributed by atoms with van der Waals surface area (Å²) in [4.78, 5) is 43.3. The van der Waals surface area contributed by atoms with Gasteiger partial charge in [0.1, 0.15) is 5.82 Å². The molecule has 0 atom stereocenters. The number of nitrogens with zero attached hydrogens (tertiary/aromatic N) is 3. The summed E-state index contributed by atoms with van der Waals surface area (Å²) in [6, 6.07) is 0. The first-order valence-corrected chi connectivity index (χ1v) is 9.27. The van der Waals surface area contributed by atoms with Gasteiger partial charge in [-0.25, -0.2) is 4.79 Å². The van der Waals surface area contributed by atoms with Gasteiger partial charge in [0, 0.05) is 13.1 Å². The third-order valence-corrected chi connectivity index (χ3v) is 4.13. The van der Waals surface area contributed by atoms with Crippen LogP contribution in [0.1, 0.15) is 41.5 Å². The van der Waals surface area contributed by atoms with Crippen LogP contribution in [0.25, 0.3) is 0 Å². The van der Waals surface area contributed by atoms with Gasteiger partial charge < -0.3 is 10.6 Å². The Labute approximate surface area is 155 Å². The van der Waals surface area contributed by atoms with Crippen LogP contribution in [0.2, 0.25) is 0 Å². The lowest BCUT2D eigenvalue weighted by Crippen LogP contribution is -2.46. The number of carbonyl (C=O) groups is 1. The molecule has 0 saturated heterocycles. The van der Waals surface area contributed by atoms with E-state index in [-0.39, 0.29) is 35.8 Å². The zero-order chi connectivity index (χ0) is 20.0. The van der Waals surface area contributed by atoms with Gasteiger partial charge in [-0.2, -0.15) is 0 Å². The van der Waals surface area contributed by atoms with Crippen LogP contribution >= 0.6 is 0 Å². The number of nitrogen functional groups attached to an aromatic ring is 1. The molecule has 8 heteroatoms. The predicted octanol–water partition coefficient (Wildman–Crippen LogP) is 1.11. The van der Waals surface area contributed by atoms with Gasteiger partial charge in [-0.15, -0.1) is 0 Å². The van der Waals surface area contributed by atoms with Gasteiger partial charge in [0.15, 0.2) is 5.69 Å². The molecule has 1 amide bonds. The highest BCUT2D eigenvalue weighted by Crippen LogP contribution is 2.19. The van der Waals surface area contributed by atoms with Crippen molar-refractivity contribution in [2.75, 3.05) is 36.8 Å². The fraction of sp³-hybridized carbons (Fsp3) is 0.722. The van der Waals surface area contributed by atoms with Crippen LogP contribution < -0.4 is 21.9 Å². The van der Waals surface area contributed by atoms with Crippen LogP contribution in [-0.4, -0.2) is 46.5 Å². The first-order chi connectivity index (χ1) is 12.1. The van der Waals surface area contributed by atoms with E-state index in [1.54, 1.807) is 0 Å². The Morgan fingerprint density at radius 1 is 1.12 bits per heavy atom. The summed E-state index contributed by atoms with van der Waals surface area (Å²) in [6.45, 7) is 14.2. The Morgan fingerprint density at radius 3 is 2.15 bits per heavy atom. The Morgan fingerprint density at radius 2 is 1.69 bits per heavy atom. The van der Waals surface area contributed by atoms with Gasteiger partial charge in [0.05, 0.1) is 6.54 Å². The lowest BCUT2D eigenvalue weighted by Gasteiger charge is -2.28. The fourth-order valence-electron chi connectivity index (χ4n) is 2.79. The molecule has 0 aliphatic carbocycles. The average molecular weight is 367 g/mol. The SMILES string of the molecule is CCN(CC)CC(=O)N(CC(C)C)c1c(N)n(CC(C)C)c(=O)[nH]c1=O. The van der Waals surface area contributed by atoms with Crippen LogP contribution in [0.3, 0.4) is 0 Å². The smallest absolute Gasteiger partial charge is 0.330 e. The maximum atomic E-state index is 12.9. The molecular weight excluding hydrogens is 334 g/mol. The molecular formula is C18H33N5O3. The van der Waals surface area contributed by atoms with Crippen molar-refractivity contribution in [2.45, 2.75) is 48.1 Å². The molecule has 0 fully saturated rings. The molecule has 0 aliphatic rings. The molecule has 8 nitrogen and oxygen atoms in total. The Balaban J connectivity index is 3.44. The van der Waals surface area contributed by atoms with E-state index in [1.807, 2.05) is 46.4 Å². The van der Waals surface area contributed by atoms with Crippen molar-refractivity contribution >= 4 is 17.4 Å². The largest absolute Gasteiger partial charge is 0.383 e. The third-order valence-electron chi connectivity index (χ3n) is 4.13. The summed E-state index contributed by atoms with van der Waals surface area (Å²) in [5.41, 5.74) is 5.07. The van der Waals surface area contributed by atoms with E-state index in [2.05, 4.69) is 4.98 Å². The fourth-order valence-corrected chi connectivity index (χ4v) is 2.79. The van der Waals surface area contributed by atoms with E-state index in [9.17, 15) is 14.4 Å². The van der Waals surface area contributed by atoms with Gasteiger partial charge >= 0.3 is 5.69 Å². The minimum absolute atomic E-state index is 0.0426. The predicted molar refractivity (Wildman–Crippen MR) is 106 cm³/mol. The molecule has 1 heterocycles. The molecule has 0 saturated carbocycles. The number of amides is 1. The van der Waals surface area contributed by atoms with Crippen LogP contribution in [0.15, 0.2) is 9.59 Å². The highest BCUT2D eigenvalue weighted by molar-refractivity contribution is 5.96. The number of hydrogen-bond acceptors (Lipinski definition) is 5. The number of H-pyrrole nitrogens is 1. The molecule has 148 valence electrons. The summed E-state index contributed by atoms with van der Waals surface area (Å²) >= 11 is 0. The molecule has 0 aromatic carbocycles. The molecule has 0 bridgehead atoms. The maximum Gasteiger partial charge on any atom is 0.330 e. The number of rotatable bonds is 9. The van der Waals surface area contributed by atoms with E-state index in [0.29, 0.717) is 13.1 Å². The van der Waals surface area contributed by atoms with Crippen LogP contribution in [0.4, 0.5) is 11.5 Å². The van der Waals surface area contributed by atoms with Gasteiger partial charge in [-0.3, -0.25) is 24.0 Å². The van der Waals surface area contributed by atoms with Crippen LogP contribution in [0.5, 0.6) is 0 Å². The van der Waals surface area contributed by atoms with Crippen LogP contribution in [0, 0.1) is 11.8 Å². The second-order valence-corrected chi connectivity index (χ2v) is 7.36. The van der Waals surface area contributed by atoms with E-state index >= 15 is 0 Å². The molecule has 1 rings (SSSR count). The normalized spacial score (nSPS) is 11.6. The Hall–Kier alpha value is -2.09. The highest BCUT2D eigenvalue weighted by atomic mass is 16.2. The van der Waals surface area contributed by atoms with Gasteiger partial charge in [0.25, 0.3) is 5.56 Å². The topological polar surface area (TPSA) is 104 Å². The molecule has 0 spiro atoms. The Bertz CT molecular complexity index is 717. The van der Waals surface area contributed by atoms with Gasteiger partial charge in [-0.05, 0) is 24.9 Å². The average Bonchev–Trinajstić information content (AvgIpc) is 2.54. The summed E-state index contributed by atoms with van der Waals surface area (Å²) < 4.78 is 1.33. The Kier molecular flexibility index (Phi) is 8.08. The van der Waals surface area contributed by atoms with Crippen molar-refractivity contribution in [2.24, 2.45) is 11.8 Å². The summed E-state index contributed by atoms with van der Waals surface area (Å²) in [7, 11) is 0. The van der Waals surface area contributed by atoms with Crippen molar-refractivity contribution in [3.8, 4) is 0 Å². The zero-order valence-electron chi connectivity index (χ0n) is 16.8. The molecule has 0 radical (unpaired) electrons. The van der Waals surface area contributed by atoms with Gasteiger partial charge in [-0.1, -0.05) is 41.5 Å². The minimum atomic E-state index is -0.624. The molecule has 0 unspecified atom stereocenters. The van der Waals surface area contributed by atoms with E-state index in [0.717, 1.165) is 13.1 Å². The molecule has 3 N–H and O–H groups in total. The maximum absolute atomic E-state index is 12.9. The number of carbonyl (C=O) groups excluding carboxylic acids is 1. The summed E-state index contributed by atoms with van der Waals surface area (Å²) in [5.74, 6) is 0.147. The monoisotopic (exact) mass is 367 g/mol. The number of anilines is 2. The molecule has 26 heavy (non-hydrogen) atoms. The van der Waals surface area contributed by atoms with E-state index in [4.69, 9.17) is 5.73 Å². The van der Waals surface area contributed by atoms with Crippen molar-refractivity contribution < 1.29 is 4.79 Å². The summed E-state index contributed by atoms with van der Waals surface area (Å²) in [6.07, 6.45) is 0. The van der Waals surface area contributed by atoms with Crippen molar-refractivity contribution in [1.82, 2.24) is 14.5 Å². The standard InChI is InChI=1S/C18H33N5O3/c1-7-21(8-2)11-14(24)22(9-12(3)4)15-16(19)23(10-13(5)6)18(26)20-17(15)25/h12-13H,7-11,19H2,1-6H3,(H,20,25,26). The quantitative estimate of drug-likeness (QED) is 0.680. The van der Waals surface area contributed by atoms with Gasteiger partial charge in [0.2, 0.25) is 5.91 Å².